The third-order valence-electron chi connectivity index (χ3n) is 6.86. The summed E-state index contributed by atoms with van der Waals surface area (Å²) in [4.78, 5) is 0. The Labute approximate surface area is 200 Å². The second-order valence-corrected chi connectivity index (χ2v) is 9.57. The van der Waals surface area contributed by atoms with E-state index in [1.54, 1.807) is 0 Å². The first-order valence-corrected chi connectivity index (χ1v) is 11.8. The van der Waals surface area contributed by atoms with E-state index >= 15 is 0 Å². The minimum absolute atomic E-state index is 0.603. The Hall–Kier alpha value is -3.90. The monoisotopic (exact) mass is 445 g/mol. The average molecular weight is 446 g/mol. The van der Waals surface area contributed by atoms with Crippen molar-refractivity contribution in [1.29, 1.82) is 5.26 Å². The van der Waals surface area contributed by atoms with Crippen LogP contribution in [0.3, 0.4) is 0 Å². The molecule has 0 aliphatic rings. The van der Waals surface area contributed by atoms with Gasteiger partial charge in [0.15, 0.2) is 5.69 Å². The van der Waals surface area contributed by atoms with Gasteiger partial charge in [-0.2, -0.15) is 9.83 Å². The lowest BCUT2D eigenvalue weighted by Crippen LogP contribution is -2.36. The van der Waals surface area contributed by atoms with Crippen LogP contribution in [0.25, 0.3) is 44.3 Å². The number of aromatic nitrogens is 1. The Morgan fingerprint density at radius 3 is 2.38 bits per heavy atom. The molecule has 0 spiro atoms. The van der Waals surface area contributed by atoms with Gasteiger partial charge < -0.3 is 4.42 Å². The third kappa shape index (κ3) is 3.47. The Morgan fingerprint density at radius 1 is 0.912 bits per heavy atom. The first-order chi connectivity index (χ1) is 16.4. The Balaban J connectivity index is 1.84. The smallest absolute Gasteiger partial charge is 0.216 e. The van der Waals surface area contributed by atoms with Crippen LogP contribution in [0.5, 0.6) is 0 Å². The molecule has 0 amide bonds. The maximum Gasteiger partial charge on any atom is 0.216 e. The molecule has 0 bridgehead atoms. The second kappa shape index (κ2) is 8.47. The molecular weight excluding hydrogens is 416 g/mol. The van der Waals surface area contributed by atoms with Crippen molar-refractivity contribution < 1.29 is 8.98 Å². The van der Waals surface area contributed by atoms with Crippen LogP contribution in [-0.4, -0.2) is 0 Å². The number of pyridine rings is 1. The van der Waals surface area contributed by atoms with Gasteiger partial charge in [-0.25, -0.2) is 0 Å². The first-order valence-electron chi connectivity index (χ1n) is 11.8. The van der Waals surface area contributed by atoms with Crippen LogP contribution in [0.2, 0.25) is 0 Å². The second-order valence-electron chi connectivity index (χ2n) is 9.57. The van der Waals surface area contributed by atoms with E-state index in [9.17, 15) is 5.26 Å². The molecular formula is C31H29N2O+. The van der Waals surface area contributed by atoms with Crippen molar-refractivity contribution in [2.24, 2.45) is 13.0 Å². The van der Waals surface area contributed by atoms with Crippen LogP contribution >= 0.6 is 0 Å². The molecule has 5 rings (SSSR count). The lowest BCUT2D eigenvalue weighted by molar-refractivity contribution is -0.667. The van der Waals surface area contributed by atoms with Crippen molar-refractivity contribution in [2.75, 3.05) is 0 Å². The Morgan fingerprint density at radius 2 is 1.68 bits per heavy atom. The molecule has 0 aliphatic heterocycles. The largest absolute Gasteiger partial charge is 0.454 e. The molecule has 3 aromatic carbocycles. The predicted molar refractivity (Wildman–Crippen MR) is 138 cm³/mol. The van der Waals surface area contributed by atoms with Crippen LogP contribution in [-0.2, 0) is 13.5 Å². The first kappa shape index (κ1) is 21.9. The standard InChI is InChI=1S/C31H29N2O/c1-19(2)17-23-13-16-27(33(5)21(23)4)28-20(3)11-14-26-29-24(18-32)12-15-25(30(29)34-31(26)28)22-9-7-6-8-10-22/h6-16,19H,17H2,1-5H3/q+1. The number of hydrogen-bond acceptors (Lipinski definition) is 2. The molecule has 0 saturated heterocycles. The van der Waals surface area contributed by atoms with Crippen LogP contribution in [0.15, 0.2) is 71.1 Å². The molecule has 0 N–H and O–H groups in total. The van der Waals surface area contributed by atoms with E-state index in [-0.39, 0.29) is 0 Å². The summed E-state index contributed by atoms with van der Waals surface area (Å²) >= 11 is 0. The molecule has 0 atom stereocenters. The van der Waals surface area contributed by atoms with Gasteiger partial charge >= 0.3 is 0 Å². The van der Waals surface area contributed by atoms with E-state index in [1.165, 1.54) is 11.3 Å². The minimum atomic E-state index is 0.603. The van der Waals surface area contributed by atoms with E-state index in [1.807, 2.05) is 30.3 Å². The SMILES string of the molecule is Cc1ccc2c(oc3c(-c4ccccc4)ccc(C#N)c32)c1-c1ccc(CC(C)C)c(C)[n+]1C. The molecule has 2 aromatic heterocycles. The Bertz CT molecular complexity index is 1580. The number of benzene rings is 3. The van der Waals surface area contributed by atoms with Gasteiger partial charge in [0, 0.05) is 34.9 Å². The summed E-state index contributed by atoms with van der Waals surface area (Å²) in [6, 6.07) is 25.2. The van der Waals surface area contributed by atoms with Crippen LogP contribution < -0.4 is 4.57 Å². The predicted octanol–water partition coefficient (Wildman–Crippen LogP) is 7.43. The highest BCUT2D eigenvalue weighted by Gasteiger charge is 2.25. The highest BCUT2D eigenvalue weighted by molar-refractivity contribution is 6.15. The lowest BCUT2D eigenvalue weighted by atomic mass is 9.95. The van der Waals surface area contributed by atoms with Crippen LogP contribution in [0.4, 0.5) is 0 Å². The zero-order valence-electron chi connectivity index (χ0n) is 20.4. The third-order valence-corrected chi connectivity index (χ3v) is 6.86. The number of fused-ring (bicyclic) bond motifs is 3. The maximum atomic E-state index is 9.90. The van der Waals surface area contributed by atoms with Gasteiger partial charge in [-0.3, -0.25) is 0 Å². The van der Waals surface area contributed by atoms with E-state index in [0.717, 1.165) is 56.3 Å². The lowest BCUT2D eigenvalue weighted by Gasteiger charge is -2.11. The van der Waals surface area contributed by atoms with Gasteiger partial charge in [0.2, 0.25) is 5.69 Å². The van der Waals surface area contributed by atoms with E-state index in [0.29, 0.717) is 11.5 Å². The van der Waals surface area contributed by atoms with E-state index in [4.69, 9.17) is 4.42 Å². The number of nitriles is 1. The highest BCUT2D eigenvalue weighted by atomic mass is 16.3. The topological polar surface area (TPSA) is 40.8 Å². The fraction of sp³-hybridized carbons (Fsp3) is 0.226. The van der Waals surface area contributed by atoms with Crippen LogP contribution in [0, 0.1) is 31.1 Å². The molecule has 168 valence electrons. The van der Waals surface area contributed by atoms with Crippen molar-refractivity contribution in [3.63, 3.8) is 0 Å². The molecule has 34 heavy (non-hydrogen) atoms. The summed E-state index contributed by atoms with van der Waals surface area (Å²) in [5, 5.41) is 11.8. The van der Waals surface area contributed by atoms with Crippen molar-refractivity contribution in [3.8, 4) is 28.5 Å². The fourth-order valence-corrected chi connectivity index (χ4v) is 5.01. The molecule has 3 nitrogen and oxygen atoms in total. The molecule has 5 aromatic rings. The summed E-state index contributed by atoms with van der Waals surface area (Å²) in [6.07, 6.45) is 1.06. The van der Waals surface area contributed by atoms with Gasteiger partial charge in [0.05, 0.1) is 17.2 Å². The number of rotatable bonds is 4. The van der Waals surface area contributed by atoms with Crippen LogP contribution in [0.1, 0.15) is 36.2 Å². The molecule has 2 heterocycles. The zero-order chi connectivity index (χ0) is 24.0. The van der Waals surface area contributed by atoms with Crippen molar-refractivity contribution in [2.45, 2.75) is 34.1 Å². The summed E-state index contributed by atoms with van der Waals surface area (Å²) < 4.78 is 8.95. The molecule has 0 aliphatic carbocycles. The number of aryl methyl sites for hydroxylation is 1. The fourth-order valence-electron chi connectivity index (χ4n) is 5.01. The van der Waals surface area contributed by atoms with Crippen molar-refractivity contribution in [3.05, 3.63) is 89.1 Å². The van der Waals surface area contributed by atoms with Gasteiger partial charge in [-0.1, -0.05) is 56.3 Å². The van der Waals surface area contributed by atoms with Gasteiger partial charge in [0.1, 0.15) is 18.2 Å². The summed E-state index contributed by atoms with van der Waals surface area (Å²) in [5.74, 6) is 0.603. The molecule has 0 unspecified atom stereocenters. The average Bonchev–Trinajstić information content (AvgIpc) is 3.22. The molecule has 0 fully saturated rings. The number of hydrogen-bond donors (Lipinski definition) is 0. The minimum Gasteiger partial charge on any atom is -0.454 e. The van der Waals surface area contributed by atoms with Gasteiger partial charge in [-0.15, -0.1) is 0 Å². The summed E-state index contributed by atoms with van der Waals surface area (Å²) in [6.45, 7) is 8.83. The summed E-state index contributed by atoms with van der Waals surface area (Å²) in [7, 11) is 2.13. The van der Waals surface area contributed by atoms with Crippen molar-refractivity contribution in [1.82, 2.24) is 0 Å². The maximum absolute atomic E-state index is 9.90. The number of nitrogens with zero attached hydrogens (tertiary/aromatic N) is 2. The Kier molecular flexibility index (Phi) is 5.46. The molecule has 0 radical (unpaired) electrons. The van der Waals surface area contributed by atoms with E-state index < -0.39 is 0 Å². The van der Waals surface area contributed by atoms with Crippen molar-refractivity contribution >= 4 is 21.9 Å². The quantitative estimate of drug-likeness (QED) is 0.270. The van der Waals surface area contributed by atoms with Gasteiger partial charge in [-0.05, 0) is 48.6 Å². The van der Waals surface area contributed by atoms with Gasteiger partial charge in [0.25, 0.3) is 0 Å². The number of furan rings is 1. The summed E-state index contributed by atoms with van der Waals surface area (Å²) in [5.41, 5.74) is 10.3. The normalized spacial score (nSPS) is 11.4. The molecule has 3 heteroatoms. The highest BCUT2D eigenvalue weighted by Crippen LogP contribution is 2.42. The molecule has 0 saturated carbocycles. The zero-order valence-corrected chi connectivity index (χ0v) is 20.4. The van der Waals surface area contributed by atoms with E-state index in [2.05, 4.69) is 81.8 Å².